The Morgan fingerprint density at radius 3 is 3.12 bits per heavy atom. The molecule has 5 heteroatoms. The molecule has 0 bridgehead atoms. The van der Waals surface area contributed by atoms with Crippen LogP contribution in [0, 0.1) is 10.7 Å². The van der Waals surface area contributed by atoms with Crippen LogP contribution in [0.3, 0.4) is 0 Å². The fraction of sp³-hybridized carbons (Fsp3) is 0.500. The second-order valence-electron chi connectivity index (χ2n) is 4.73. The third-order valence-electron chi connectivity index (χ3n) is 3.26. The Kier molecular flexibility index (Phi) is 2.88. The molecule has 0 amide bonds. The quantitative estimate of drug-likeness (QED) is 0.847. The minimum atomic E-state index is 0.436. The molecule has 1 saturated carbocycles. The largest absolute Gasteiger partial charge is 0.297 e. The molecule has 0 saturated heterocycles. The first-order chi connectivity index (χ1) is 8.25. The first-order valence-corrected chi connectivity index (χ1v) is 7.25. The normalized spacial score (nSPS) is 17.2. The Hall–Kier alpha value is -0.940. The SMILES string of the molecule is CC(CC1CC1)n1c(-c2cccs2)n[nH]c1=S. The number of nitrogens with zero attached hydrogens (tertiary/aromatic N) is 2. The summed E-state index contributed by atoms with van der Waals surface area (Å²) in [7, 11) is 0. The lowest BCUT2D eigenvalue weighted by Gasteiger charge is -2.14. The van der Waals surface area contributed by atoms with Crippen LogP contribution in [0.1, 0.15) is 32.2 Å². The topological polar surface area (TPSA) is 33.6 Å². The zero-order chi connectivity index (χ0) is 11.8. The Morgan fingerprint density at radius 2 is 2.47 bits per heavy atom. The molecule has 17 heavy (non-hydrogen) atoms. The molecule has 2 aromatic heterocycles. The summed E-state index contributed by atoms with van der Waals surface area (Å²) >= 11 is 7.05. The summed E-state index contributed by atoms with van der Waals surface area (Å²) in [6.45, 7) is 2.24. The van der Waals surface area contributed by atoms with Crippen LogP contribution in [-0.4, -0.2) is 14.8 Å². The van der Waals surface area contributed by atoms with Crippen LogP contribution in [0.15, 0.2) is 17.5 Å². The summed E-state index contributed by atoms with van der Waals surface area (Å²) in [6, 6.07) is 4.58. The lowest BCUT2D eigenvalue weighted by atomic mass is 10.1. The van der Waals surface area contributed by atoms with Gasteiger partial charge in [0.25, 0.3) is 0 Å². The minimum Gasteiger partial charge on any atom is -0.297 e. The van der Waals surface area contributed by atoms with Crippen molar-refractivity contribution in [2.24, 2.45) is 5.92 Å². The van der Waals surface area contributed by atoms with Gasteiger partial charge in [-0.25, -0.2) is 0 Å². The molecule has 1 aliphatic carbocycles. The first-order valence-electron chi connectivity index (χ1n) is 5.96. The summed E-state index contributed by atoms with van der Waals surface area (Å²) in [5.41, 5.74) is 0. The third-order valence-corrected chi connectivity index (χ3v) is 4.41. The van der Waals surface area contributed by atoms with Gasteiger partial charge in [0.2, 0.25) is 0 Å². The Labute approximate surface area is 109 Å². The van der Waals surface area contributed by atoms with E-state index in [1.165, 1.54) is 24.1 Å². The Morgan fingerprint density at radius 1 is 1.65 bits per heavy atom. The van der Waals surface area contributed by atoms with Crippen LogP contribution in [0.4, 0.5) is 0 Å². The van der Waals surface area contributed by atoms with Gasteiger partial charge < -0.3 is 0 Å². The predicted molar refractivity (Wildman–Crippen MR) is 72.8 cm³/mol. The van der Waals surface area contributed by atoms with Crippen molar-refractivity contribution < 1.29 is 0 Å². The number of aromatic nitrogens is 3. The predicted octanol–water partition coefficient (Wildman–Crippen LogP) is 4.03. The van der Waals surface area contributed by atoms with Crippen molar-refractivity contribution in [2.75, 3.05) is 0 Å². The maximum absolute atomic E-state index is 5.35. The Bertz CT molecular complexity index is 549. The van der Waals surface area contributed by atoms with E-state index in [-0.39, 0.29) is 0 Å². The number of hydrogen-bond donors (Lipinski definition) is 1. The van der Waals surface area contributed by atoms with Crippen LogP contribution in [0.2, 0.25) is 0 Å². The van der Waals surface area contributed by atoms with Crippen LogP contribution >= 0.6 is 23.6 Å². The van der Waals surface area contributed by atoms with Gasteiger partial charge in [0.05, 0.1) is 4.88 Å². The molecular formula is C12H15N3S2. The van der Waals surface area contributed by atoms with Crippen molar-refractivity contribution in [3.05, 3.63) is 22.3 Å². The monoisotopic (exact) mass is 265 g/mol. The van der Waals surface area contributed by atoms with Crippen LogP contribution in [0.5, 0.6) is 0 Å². The summed E-state index contributed by atoms with van der Waals surface area (Å²) < 4.78 is 2.90. The highest BCUT2D eigenvalue weighted by atomic mass is 32.1. The van der Waals surface area contributed by atoms with Crippen LogP contribution in [-0.2, 0) is 0 Å². The second kappa shape index (κ2) is 4.38. The highest BCUT2D eigenvalue weighted by Gasteiger charge is 2.26. The third kappa shape index (κ3) is 2.21. The molecule has 1 atom stereocenters. The van der Waals surface area contributed by atoms with E-state index in [0.717, 1.165) is 16.5 Å². The summed E-state index contributed by atoms with van der Waals surface area (Å²) in [6.07, 6.45) is 3.97. The molecule has 3 nitrogen and oxygen atoms in total. The van der Waals surface area contributed by atoms with Crippen molar-refractivity contribution in [3.63, 3.8) is 0 Å². The number of thiophene rings is 1. The molecule has 1 N–H and O–H groups in total. The van der Waals surface area contributed by atoms with Gasteiger partial charge in [-0.2, -0.15) is 5.10 Å². The number of hydrogen-bond acceptors (Lipinski definition) is 3. The van der Waals surface area contributed by atoms with Crippen molar-refractivity contribution in [3.8, 4) is 10.7 Å². The van der Waals surface area contributed by atoms with E-state index in [9.17, 15) is 0 Å². The van der Waals surface area contributed by atoms with E-state index in [1.54, 1.807) is 11.3 Å². The van der Waals surface area contributed by atoms with Gasteiger partial charge in [0.1, 0.15) is 0 Å². The van der Waals surface area contributed by atoms with Crippen molar-refractivity contribution in [1.82, 2.24) is 14.8 Å². The molecular weight excluding hydrogens is 250 g/mol. The van der Waals surface area contributed by atoms with E-state index in [0.29, 0.717) is 6.04 Å². The second-order valence-corrected chi connectivity index (χ2v) is 6.06. The minimum absolute atomic E-state index is 0.436. The summed E-state index contributed by atoms with van der Waals surface area (Å²) in [5, 5.41) is 9.36. The summed E-state index contributed by atoms with van der Waals surface area (Å²) in [4.78, 5) is 1.18. The molecule has 0 aliphatic heterocycles. The zero-order valence-corrected chi connectivity index (χ0v) is 11.4. The van der Waals surface area contributed by atoms with Crippen molar-refractivity contribution in [2.45, 2.75) is 32.2 Å². The van der Waals surface area contributed by atoms with Gasteiger partial charge in [-0.3, -0.25) is 9.67 Å². The lowest BCUT2D eigenvalue weighted by molar-refractivity contribution is 0.475. The highest BCUT2D eigenvalue weighted by Crippen LogP contribution is 2.38. The molecule has 90 valence electrons. The maximum Gasteiger partial charge on any atom is 0.195 e. The van der Waals surface area contributed by atoms with Gasteiger partial charge >= 0.3 is 0 Å². The zero-order valence-electron chi connectivity index (χ0n) is 9.72. The maximum atomic E-state index is 5.35. The highest BCUT2D eigenvalue weighted by molar-refractivity contribution is 7.71. The average Bonchev–Trinajstić information content (AvgIpc) is 2.82. The van der Waals surface area contributed by atoms with Gasteiger partial charge in [-0.05, 0) is 42.9 Å². The lowest BCUT2D eigenvalue weighted by Crippen LogP contribution is -2.07. The van der Waals surface area contributed by atoms with Crippen LogP contribution < -0.4 is 0 Å². The fourth-order valence-corrected chi connectivity index (χ4v) is 3.26. The molecule has 0 radical (unpaired) electrons. The number of H-pyrrole nitrogens is 1. The molecule has 3 rings (SSSR count). The molecule has 1 unspecified atom stereocenters. The molecule has 1 aliphatic rings. The smallest absolute Gasteiger partial charge is 0.195 e. The van der Waals surface area contributed by atoms with Gasteiger partial charge in [0, 0.05) is 6.04 Å². The van der Waals surface area contributed by atoms with Gasteiger partial charge in [-0.15, -0.1) is 11.3 Å². The van der Waals surface area contributed by atoms with Gasteiger partial charge in [-0.1, -0.05) is 18.9 Å². The summed E-state index contributed by atoms with van der Waals surface area (Å²) in [5.74, 6) is 1.89. The van der Waals surface area contributed by atoms with E-state index in [1.807, 2.05) is 6.07 Å². The average molecular weight is 265 g/mol. The van der Waals surface area contributed by atoms with E-state index < -0.39 is 0 Å². The molecule has 1 fully saturated rings. The molecule has 2 heterocycles. The molecule has 0 aromatic carbocycles. The number of aromatic amines is 1. The molecule has 2 aromatic rings. The fourth-order valence-electron chi connectivity index (χ4n) is 2.23. The van der Waals surface area contributed by atoms with E-state index in [4.69, 9.17) is 12.2 Å². The van der Waals surface area contributed by atoms with Crippen molar-refractivity contribution in [1.29, 1.82) is 0 Å². The molecule has 0 spiro atoms. The van der Waals surface area contributed by atoms with E-state index >= 15 is 0 Å². The number of nitrogens with one attached hydrogen (secondary N) is 1. The van der Waals surface area contributed by atoms with E-state index in [2.05, 4.69) is 33.1 Å². The first kappa shape index (κ1) is 11.2. The number of rotatable bonds is 4. The standard InChI is InChI=1S/C12H15N3S2/c1-8(7-9-4-5-9)15-11(13-14-12(15)16)10-3-2-6-17-10/h2-3,6,8-9H,4-5,7H2,1H3,(H,14,16). The Balaban J connectivity index is 1.96. The van der Waals surface area contributed by atoms with Crippen molar-refractivity contribution >= 4 is 23.6 Å². The van der Waals surface area contributed by atoms with Gasteiger partial charge in [0.15, 0.2) is 10.6 Å². The van der Waals surface area contributed by atoms with Crippen LogP contribution in [0.25, 0.3) is 10.7 Å².